The molecule has 1 aliphatic rings. The average Bonchev–Trinajstić information content (AvgIpc) is 2.82. The summed E-state index contributed by atoms with van der Waals surface area (Å²) in [5.41, 5.74) is 3.37. The molecule has 0 spiro atoms. The number of aliphatic hydroxyl groups excluding tert-OH is 1. The van der Waals surface area contributed by atoms with Gasteiger partial charge in [-0.25, -0.2) is 0 Å². The molecule has 3 heteroatoms. The van der Waals surface area contributed by atoms with Crippen molar-refractivity contribution in [1.82, 2.24) is 5.32 Å². The molecule has 2 rings (SSSR count). The summed E-state index contributed by atoms with van der Waals surface area (Å²) in [5.74, 6) is 0.144. The van der Waals surface area contributed by atoms with Crippen LogP contribution in [0.15, 0.2) is 18.2 Å². The fourth-order valence-corrected chi connectivity index (χ4v) is 2.39. The van der Waals surface area contributed by atoms with E-state index < -0.39 is 0 Å². The summed E-state index contributed by atoms with van der Waals surface area (Å²) < 4.78 is 0. The van der Waals surface area contributed by atoms with Gasteiger partial charge in [-0.3, -0.25) is 4.79 Å². The maximum absolute atomic E-state index is 12.1. The highest BCUT2D eigenvalue weighted by atomic mass is 16.3. The topological polar surface area (TPSA) is 49.3 Å². The van der Waals surface area contributed by atoms with Gasteiger partial charge in [0.25, 0.3) is 5.91 Å². The van der Waals surface area contributed by atoms with Gasteiger partial charge in [-0.2, -0.15) is 0 Å². The lowest BCUT2D eigenvalue weighted by molar-refractivity contribution is 0.0897. The van der Waals surface area contributed by atoms with E-state index in [1.165, 1.54) is 17.5 Å². The zero-order valence-electron chi connectivity index (χ0n) is 11.1. The Kier molecular flexibility index (Phi) is 4.02. The zero-order chi connectivity index (χ0) is 13.1. The Morgan fingerprint density at radius 2 is 2.06 bits per heavy atom. The molecule has 0 saturated heterocycles. The van der Waals surface area contributed by atoms with Crippen LogP contribution in [0.1, 0.15) is 41.8 Å². The summed E-state index contributed by atoms with van der Waals surface area (Å²) >= 11 is 0. The summed E-state index contributed by atoms with van der Waals surface area (Å²) in [4.78, 5) is 12.1. The minimum absolute atomic E-state index is 0.0195. The summed E-state index contributed by atoms with van der Waals surface area (Å²) in [7, 11) is 0. The highest BCUT2D eigenvalue weighted by Gasteiger charge is 2.18. The Morgan fingerprint density at radius 1 is 1.33 bits per heavy atom. The Bertz CT molecular complexity index is 440. The van der Waals surface area contributed by atoms with E-state index in [2.05, 4.69) is 11.4 Å². The Balaban J connectivity index is 2.09. The van der Waals surface area contributed by atoms with Crippen molar-refractivity contribution in [2.75, 3.05) is 6.61 Å². The van der Waals surface area contributed by atoms with Gasteiger partial charge < -0.3 is 10.4 Å². The standard InChI is InChI=1S/C15H21NO2/c1-10(2)14(9-17)16-15(18)13-7-6-11-4-3-5-12(11)8-13/h6-8,10,14,17H,3-5,9H2,1-2H3,(H,16,18)/t14-/m1/s1. The van der Waals surface area contributed by atoms with Crippen molar-refractivity contribution in [3.63, 3.8) is 0 Å². The van der Waals surface area contributed by atoms with E-state index in [1.807, 2.05) is 26.0 Å². The van der Waals surface area contributed by atoms with Crippen LogP contribution in [0.4, 0.5) is 0 Å². The molecule has 1 aromatic rings. The number of fused-ring (bicyclic) bond motifs is 1. The first-order valence-electron chi connectivity index (χ1n) is 6.65. The van der Waals surface area contributed by atoms with Crippen LogP contribution < -0.4 is 5.32 Å². The fourth-order valence-electron chi connectivity index (χ4n) is 2.39. The van der Waals surface area contributed by atoms with Crippen LogP contribution in [-0.4, -0.2) is 23.7 Å². The summed E-state index contributed by atoms with van der Waals surface area (Å²) in [6, 6.07) is 5.76. The van der Waals surface area contributed by atoms with E-state index in [0.29, 0.717) is 5.56 Å². The van der Waals surface area contributed by atoms with Crippen molar-refractivity contribution < 1.29 is 9.90 Å². The van der Waals surface area contributed by atoms with Gasteiger partial charge in [0.2, 0.25) is 0 Å². The molecule has 0 saturated carbocycles. The van der Waals surface area contributed by atoms with E-state index in [1.54, 1.807) is 0 Å². The number of amides is 1. The molecule has 3 nitrogen and oxygen atoms in total. The number of benzene rings is 1. The Hall–Kier alpha value is -1.35. The van der Waals surface area contributed by atoms with E-state index in [-0.39, 0.29) is 24.5 Å². The fraction of sp³-hybridized carbons (Fsp3) is 0.533. The van der Waals surface area contributed by atoms with Gasteiger partial charge in [0.15, 0.2) is 0 Å². The number of hydrogen-bond acceptors (Lipinski definition) is 2. The summed E-state index contributed by atoms with van der Waals surface area (Å²) in [6.45, 7) is 3.96. The van der Waals surface area contributed by atoms with E-state index >= 15 is 0 Å². The molecule has 1 amide bonds. The van der Waals surface area contributed by atoms with Gasteiger partial charge in [0.1, 0.15) is 0 Å². The molecule has 0 radical (unpaired) electrons. The average molecular weight is 247 g/mol. The number of aliphatic hydroxyl groups is 1. The number of carbonyl (C=O) groups excluding carboxylic acids is 1. The highest BCUT2D eigenvalue weighted by molar-refractivity contribution is 5.94. The number of hydrogen-bond donors (Lipinski definition) is 2. The van der Waals surface area contributed by atoms with Crippen molar-refractivity contribution in [2.45, 2.75) is 39.2 Å². The molecule has 1 aromatic carbocycles. The van der Waals surface area contributed by atoms with Crippen LogP contribution in [0, 0.1) is 5.92 Å². The van der Waals surface area contributed by atoms with Gasteiger partial charge in [-0.15, -0.1) is 0 Å². The Labute approximate surface area is 108 Å². The lowest BCUT2D eigenvalue weighted by Crippen LogP contribution is -2.41. The van der Waals surface area contributed by atoms with E-state index in [4.69, 9.17) is 0 Å². The molecule has 98 valence electrons. The normalized spacial score (nSPS) is 15.6. The van der Waals surface area contributed by atoms with Crippen molar-refractivity contribution >= 4 is 5.91 Å². The first-order chi connectivity index (χ1) is 8.61. The molecule has 0 aromatic heterocycles. The predicted octanol–water partition coefficient (Wildman–Crippen LogP) is 1.92. The third-order valence-electron chi connectivity index (χ3n) is 3.68. The van der Waals surface area contributed by atoms with Gasteiger partial charge >= 0.3 is 0 Å². The zero-order valence-corrected chi connectivity index (χ0v) is 11.1. The van der Waals surface area contributed by atoms with Gasteiger partial charge in [0, 0.05) is 5.56 Å². The van der Waals surface area contributed by atoms with Crippen LogP contribution in [0.3, 0.4) is 0 Å². The van der Waals surface area contributed by atoms with E-state index in [0.717, 1.165) is 12.8 Å². The Morgan fingerprint density at radius 3 is 2.72 bits per heavy atom. The second kappa shape index (κ2) is 5.53. The first-order valence-corrected chi connectivity index (χ1v) is 6.65. The predicted molar refractivity (Wildman–Crippen MR) is 71.6 cm³/mol. The first kappa shape index (κ1) is 13.1. The van der Waals surface area contributed by atoms with Crippen molar-refractivity contribution in [3.8, 4) is 0 Å². The largest absolute Gasteiger partial charge is 0.394 e. The third-order valence-corrected chi connectivity index (χ3v) is 3.68. The van der Waals surface area contributed by atoms with Crippen LogP contribution in [0.5, 0.6) is 0 Å². The summed E-state index contributed by atoms with van der Waals surface area (Å²) in [6.07, 6.45) is 3.39. The van der Waals surface area contributed by atoms with Gasteiger partial charge in [-0.1, -0.05) is 19.9 Å². The van der Waals surface area contributed by atoms with Crippen molar-refractivity contribution in [3.05, 3.63) is 34.9 Å². The van der Waals surface area contributed by atoms with Crippen LogP contribution in [0.2, 0.25) is 0 Å². The highest BCUT2D eigenvalue weighted by Crippen LogP contribution is 2.22. The molecule has 2 N–H and O–H groups in total. The number of rotatable bonds is 4. The molecule has 18 heavy (non-hydrogen) atoms. The lowest BCUT2D eigenvalue weighted by Gasteiger charge is -2.20. The van der Waals surface area contributed by atoms with Crippen LogP contribution in [-0.2, 0) is 12.8 Å². The van der Waals surface area contributed by atoms with Gasteiger partial charge in [0.05, 0.1) is 12.6 Å². The number of nitrogens with one attached hydrogen (secondary N) is 1. The second-order valence-electron chi connectivity index (χ2n) is 5.34. The van der Waals surface area contributed by atoms with E-state index in [9.17, 15) is 9.90 Å². The molecule has 0 unspecified atom stereocenters. The molecule has 0 heterocycles. The van der Waals surface area contributed by atoms with Crippen LogP contribution >= 0.6 is 0 Å². The number of aryl methyl sites for hydroxylation is 2. The molecule has 0 aliphatic heterocycles. The van der Waals surface area contributed by atoms with Crippen molar-refractivity contribution in [1.29, 1.82) is 0 Å². The SMILES string of the molecule is CC(C)[C@@H](CO)NC(=O)c1ccc2c(c1)CCC2. The smallest absolute Gasteiger partial charge is 0.251 e. The quantitative estimate of drug-likeness (QED) is 0.854. The molecular formula is C15H21NO2. The summed E-state index contributed by atoms with van der Waals surface area (Å²) in [5, 5.41) is 12.1. The maximum Gasteiger partial charge on any atom is 0.251 e. The molecule has 0 fully saturated rings. The molecule has 0 bridgehead atoms. The monoisotopic (exact) mass is 247 g/mol. The van der Waals surface area contributed by atoms with Crippen LogP contribution in [0.25, 0.3) is 0 Å². The maximum atomic E-state index is 12.1. The minimum Gasteiger partial charge on any atom is -0.394 e. The molecule has 1 aliphatic carbocycles. The second-order valence-corrected chi connectivity index (χ2v) is 5.34. The number of carbonyl (C=O) groups is 1. The lowest BCUT2D eigenvalue weighted by atomic mass is 10.0. The molecule has 1 atom stereocenters. The van der Waals surface area contributed by atoms with Gasteiger partial charge in [-0.05, 0) is 48.4 Å². The van der Waals surface area contributed by atoms with Crippen molar-refractivity contribution in [2.24, 2.45) is 5.92 Å². The third kappa shape index (κ3) is 2.72. The minimum atomic E-state index is -0.175. The molecular weight excluding hydrogens is 226 g/mol.